The number of hydrogen-bond acceptors (Lipinski definition) is 3. The normalized spacial score (nSPS) is 48.5. The molecule has 7 atom stereocenters. The van der Waals surface area contributed by atoms with Crippen molar-refractivity contribution in [3.63, 3.8) is 0 Å². The summed E-state index contributed by atoms with van der Waals surface area (Å²) in [5.74, 6) is 1.59. The Morgan fingerprint density at radius 2 is 1.96 bits per heavy atom. The summed E-state index contributed by atoms with van der Waals surface area (Å²) in [4.78, 5) is 37.5. The first kappa shape index (κ1) is 16.9. The van der Waals surface area contributed by atoms with Gasteiger partial charge in [-0.15, -0.1) is 0 Å². The molecule has 3 heteroatoms. The molecule has 0 aromatic heterocycles. The lowest BCUT2D eigenvalue weighted by molar-refractivity contribution is -0.143. The molecule has 0 heterocycles. The third kappa shape index (κ3) is 2.14. The maximum Gasteiger partial charge on any atom is 0.156 e. The molecule has 4 rings (SSSR count). The lowest BCUT2D eigenvalue weighted by Crippen LogP contribution is -2.54. The summed E-state index contributed by atoms with van der Waals surface area (Å²) < 4.78 is 0. The Bertz CT molecular complexity index is 730. The van der Waals surface area contributed by atoms with Gasteiger partial charge in [-0.2, -0.15) is 0 Å². The average Bonchev–Trinajstić information content (AvgIpc) is 2.77. The lowest BCUT2D eigenvalue weighted by atomic mass is 9.48. The van der Waals surface area contributed by atoms with E-state index in [-0.39, 0.29) is 40.2 Å². The highest BCUT2D eigenvalue weighted by molar-refractivity contribution is 5.94. The van der Waals surface area contributed by atoms with Crippen molar-refractivity contribution in [2.45, 2.75) is 53.4 Å². The monoisotopic (exact) mass is 340 g/mol. The largest absolute Gasteiger partial charge is 0.300 e. The molecule has 0 radical (unpaired) electrons. The fourth-order valence-electron chi connectivity index (χ4n) is 7.07. The van der Waals surface area contributed by atoms with Gasteiger partial charge in [-0.1, -0.05) is 32.9 Å². The summed E-state index contributed by atoms with van der Waals surface area (Å²) in [6.07, 6.45) is 8.89. The highest BCUT2D eigenvalue weighted by Gasteiger charge is 2.63. The minimum Gasteiger partial charge on any atom is -0.300 e. The predicted octanol–water partition coefficient (Wildman–Crippen LogP) is 3.92. The van der Waals surface area contributed by atoms with Crippen LogP contribution in [0.2, 0.25) is 0 Å². The van der Waals surface area contributed by atoms with Crippen LogP contribution in [0.15, 0.2) is 23.8 Å². The summed E-state index contributed by atoms with van der Waals surface area (Å²) in [5.41, 5.74) is 0.607. The van der Waals surface area contributed by atoms with E-state index in [0.29, 0.717) is 30.5 Å². The van der Waals surface area contributed by atoms with Gasteiger partial charge in [0.25, 0.3) is 0 Å². The fourth-order valence-corrected chi connectivity index (χ4v) is 7.07. The van der Waals surface area contributed by atoms with E-state index in [4.69, 9.17) is 0 Å². The molecule has 4 aliphatic rings. The zero-order valence-electron chi connectivity index (χ0n) is 15.7. The van der Waals surface area contributed by atoms with Crippen molar-refractivity contribution in [3.8, 4) is 0 Å². The molecule has 0 aromatic rings. The summed E-state index contributed by atoms with van der Waals surface area (Å²) >= 11 is 0. The van der Waals surface area contributed by atoms with Gasteiger partial charge in [0.1, 0.15) is 11.6 Å². The molecule has 4 aliphatic carbocycles. The first-order chi connectivity index (χ1) is 11.7. The topological polar surface area (TPSA) is 51.2 Å². The maximum atomic E-state index is 13.3. The van der Waals surface area contributed by atoms with Gasteiger partial charge in [-0.3, -0.25) is 14.4 Å². The first-order valence-corrected chi connectivity index (χ1v) is 9.65. The van der Waals surface area contributed by atoms with Gasteiger partial charge in [0.15, 0.2) is 5.78 Å². The molecular weight excluding hydrogens is 312 g/mol. The Balaban J connectivity index is 1.81. The molecular formula is C22H28O3. The molecule has 0 aliphatic heterocycles. The minimum absolute atomic E-state index is 0.00604. The van der Waals surface area contributed by atoms with Crippen LogP contribution in [0.1, 0.15) is 53.4 Å². The SMILES string of the molecule is CC(=O)[C@H]1[C@@H](C)C[C@H]2[C@@H]3C=CC4=CC(=O)CC[C@]4(C)[C@H]3C(=O)C[C@@]21C. The zero-order chi connectivity index (χ0) is 18.1. The van der Waals surface area contributed by atoms with Gasteiger partial charge in [0.2, 0.25) is 0 Å². The summed E-state index contributed by atoms with van der Waals surface area (Å²) in [7, 11) is 0. The van der Waals surface area contributed by atoms with Crippen LogP contribution >= 0.6 is 0 Å². The number of ketones is 3. The van der Waals surface area contributed by atoms with Gasteiger partial charge < -0.3 is 0 Å². The highest BCUT2D eigenvalue weighted by Crippen LogP contribution is 2.65. The number of Topliss-reactive ketones (excluding diaryl/α,β-unsaturated/α-hetero) is 2. The molecule has 25 heavy (non-hydrogen) atoms. The number of rotatable bonds is 1. The smallest absolute Gasteiger partial charge is 0.156 e. The van der Waals surface area contributed by atoms with Crippen molar-refractivity contribution in [1.82, 2.24) is 0 Å². The summed E-state index contributed by atoms with van der Waals surface area (Å²) in [6.45, 7) is 8.21. The van der Waals surface area contributed by atoms with E-state index in [1.165, 1.54) is 0 Å². The quantitative estimate of drug-likeness (QED) is 0.727. The molecule has 0 unspecified atom stereocenters. The number of fused-ring (bicyclic) bond motifs is 5. The third-order valence-corrected chi connectivity index (χ3v) is 7.99. The molecule has 2 saturated carbocycles. The van der Waals surface area contributed by atoms with E-state index in [9.17, 15) is 14.4 Å². The van der Waals surface area contributed by atoms with E-state index in [1.54, 1.807) is 13.0 Å². The van der Waals surface area contributed by atoms with E-state index in [1.807, 2.05) is 0 Å². The van der Waals surface area contributed by atoms with Crippen molar-refractivity contribution in [3.05, 3.63) is 23.8 Å². The first-order valence-electron chi connectivity index (χ1n) is 9.65. The van der Waals surface area contributed by atoms with Crippen LogP contribution in [0.3, 0.4) is 0 Å². The van der Waals surface area contributed by atoms with E-state index in [0.717, 1.165) is 18.4 Å². The van der Waals surface area contributed by atoms with Crippen LogP contribution in [0, 0.1) is 40.4 Å². The second kappa shape index (κ2) is 5.25. The number of carbonyl (C=O) groups excluding carboxylic acids is 3. The van der Waals surface area contributed by atoms with E-state index < -0.39 is 0 Å². The zero-order valence-corrected chi connectivity index (χ0v) is 15.7. The molecule has 134 valence electrons. The summed E-state index contributed by atoms with van der Waals surface area (Å²) in [6, 6.07) is 0. The van der Waals surface area contributed by atoms with Gasteiger partial charge in [0, 0.05) is 30.1 Å². The predicted molar refractivity (Wildman–Crippen MR) is 95.7 cm³/mol. The molecule has 2 fully saturated rings. The van der Waals surface area contributed by atoms with E-state index in [2.05, 4.69) is 32.9 Å². The van der Waals surface area contributed by atoms with Gasteiger partial charge in [0.05, 0.1) is 0 Å². The molecule has 3 nitrogen and oxygen atoms in total. The fraction of sp³-hybridized carbons (Fsp3) is 0.682. The van der Waals surface area contributed by atoms with Crippen LogP contribution in [0.25, 0.3) is 0 Å². The van der Waals surface area contributed by atoms with Crippen molar-refractivity contribution < 1.29 is 14.4 Å². The molecule has 0 amide bonds. The van der Waals surface area contributed by atoms with E-state index >= 15 is 0 Å². The van der Waals surface area contributed by atoms with Gasteiger partial charge in [-0.25, -0.2) is 0 Å². The second-order valence-electron chi connectivity index (χ2n) is 9.45. The maximum absolute atomic E-state index is 13.3. The molecule has 0 N–H and O–H groups in total. The molecule has 0 bridgehead atoms. The number of carbonyl (C=O) groups is 3. The van der Waals surface area contributed by atoms with Crippen molar-refractivity contribution in [2.24, 2.45) is 40.4 Å². The summed E-state index contributed by atoms with van der Waals surface area (Å²) in [5, 5.41) is 0. The minimum atomic E-state index is -0.219. The number of allylic oxidation sites excluding steroid dienone is 4. The molecule has 0 saturated heterocycles. The molecule has 0 aromatic carbocycles. The highest BCUT2D eigenvalue weighted by atomic mass is 16.1. The Morgan fingerprint density at radius 1 is 1.24 bits per heavy atom. The standard InChI is InChI=1S/C22H28O3/c1-12-9-17-16-6-5-14-10-15(24)7-8-21(14,3)20(16)18(25)11-22(17,4)19(12)13(2)23/h5-6,10,12,16-17,19-20H,7-9,11H2,1-4H3/t12-,16-,17-,19+,20+,21-,22-/m0/s1. The van der Waals surface area contributed by atoms with Crippen LogP contribution in [0.4, 0.5) is 0 Å². The Labute approximate surface area is 149 Å². The number of hydrogen-bond donors (Lipinski definition) is 0. The van der Waals surface area contributed by atoms with Crippen LogP contribution in [-0.4, -0.2) is 17.3 Å². The average molecular weight is 340 g/mol. The Kier molecular flexibility index (Phi) is 3.55. The Morgan fingerprint density at radius 3 is 2.64 bits per heavy atom. The van der Waals surface area contributed by atoms with Crippen LogP contribution in [-0.2, 0) is 14.4 Å². The van der Waals surface area contributed by atoms with Crippen LogP contribution in [0.5, 0.6) is 0 Å². The van der Waals surface area contributed by atoms with Crippen LogP contribution < -0.4 is 0 Å². The third-order valence-electron chi connectivity index (χ3n) is 7.99. The Hall–Kier alpha value is -1.51. The second-order valence-corrected chi connectivity index (χ2v) is 9.45. The van der Waals surface area contributed by atoms with Crippen molar-refractivity contribution >= 4 is 17.3 Å². The lowest BCUT2D eigenvalue weighted by Gasteiger charge is -2.54. The van der Waals surface area contributed by atoms with Gasteiger partial charge >= 0.3 is 0 Å². The molecule has 0 spiro atoms. The van der Waals surface area contributed by atoms with Gasteiger partial charge in [-0.05, 0) is 54.6 Å². The van der Waals surface area contributed by atoms with Crippen molar-refractivity contribution in [2.75, 3.05) is 0 Å². The van der Waals surface area contributed by atoms with Crippen molar-refractivity contribution in [1.29, 1.82) is 0 Å².